The third-order valence-electron chi connectivity index (χ3n) is 1.19. The van der Waals surface area contributed by atoms with Crippen molar-refractivity contribution in [3.05, 3.63) is 0 Å². The van der Waals surface area contributed by atoms with Crippen LogP contribution in [-0.4, -0.2) is 5.79 Å². The van der Waals surface area contributed by atoms with Gasteiger partial charge in [-0.2, -0.15) is 9.78 Å². The van der Waals surface area contributed by atoms with Gasteiger partial charge in [-0.3, -0.25) is 0 Å². The first kappa shape index (κ1) is 10.8. The zero-order chi connectivity index (χ0) is 11.0. The normalized spacial score (nSPS) is 12.7. The zero-order valence-electron chi connectivity index (χ0n) is 8.32. The molecular weight excluding hydrogens is 188 g/mol. The Balaban J connectivity index is 2.41. The van der Waals surface area contributed by atoms with Crippen LogP contribution < -0.4 is 0 Å². The average Bonchev–Trinajstić information content (AvgIpc) is 2.95. The van der Waals surface area contributed by atoms with E-state index >= 15 is 0 Å². The van der Waals surface area contributed by atoms with E-state index in [9.17, 15) is 0 Å². The summed E-state index contributed by atoms with van der Waals surface area (Å²) in [6.45, 7) is 3.41. The van der Waals surface area contributed by atoms with Crippen LogP contribution in [0.1, 0.15) is 13.8 Å². The van der Waals surface area contributed by atoms with E-state index in [1.165, 1.54) is 0 Å². The van der Waals surface area contributed by atoms with Crippen LogP contribution >= 0.6 is 0 Å². The van der Waals surface area contributed by atoms with E-state index in [4.69, 9.17) is 0 Å². The summed E-state index contributed by atoms with van der Waals surface area (Å²) >= 11 is 0. The van der Waals surface area contributed by atoms with Crippen LogP contribution in [0.5, 0.6) is 0 Å². The van der Waals surface area contributed by atoms with E-state index in [-0.39, 0.29) is 0 Å². The van der Waals surface area contributed by atoms with Crippen molar-refractivity contribution in [3.63, 3.8) is 0 Å². The summed E-state index contributed by atoms with van der Waals surface area (Å²) in [4.78, 5) is 9.11. The third-order valence-corrected chi connectivity index (χ3v) is 1.19. The molecule has 0 radical (unpaired) electrons. The van der Waals surface area contributed by atoms with Crippen LogP contribution in [0.3, 0.4) is 0 Å². The van der Waals surface area contributed by atoms with Crippen molar-refractivity contribution in [2.75, 3.05) is 0 Å². The average molecular weight is 194 g/mol. The van der Waals surface area contributed by atoms with E-state index in [2.05, 4.69) is 69.0 Å². The van der Waals surface area contributed by atoms with E-state index < -0.39 is 5.79 Å². The van der Waals surface area contributed by atoms with Gasteiger partial charge in [0.25, 0.3) is 5.79 Å². The lowest BCUT2D eigenvalue weighted by Crippen LogP contribution is -1.96. The Kier molecular flexibility index (Phi) is 3.92. The van der Waals surface area contributed by atoms with Crippen LogP contribution in [0.25, 0.3) is 0 Å². The molecule has 1 heterocycles. The molecule has 0 atom stereocenters. The minimum atomic E-state index is -0.765. The Morgan fingerprint density at radius 2 is 1.20 bits per heavy atom. The third kappa shape index (κ3) is 5.11. The summed E-state index contributed by atoms with van der Waals surface area (Å²) in [6.07, 6.45) is 0. The molecule has 0 aromatic heterocycles. The first-order valence-corrected chi connectivity index (χ1v) is 4.07. The molecule has 0 aromatic rings. The highest BCUT2D eigenvalue weighted by molar-refractivity contribution is 5.42. The molecule has 0 aromatic carbocycles. The van der Waals surface area contributed by atoms with Crippen LogP contribution in [0, 0.1) is 59.2 Å². The maximum Gasteiger partial charge on any atom is 0.292 e. The van der Waals surface area contributed by atoms with Crippen LogP contribution in [0.2, 0.25) is 0 Å². The summed E-state index contributed by atoms with van der Waals surface area (Å²) in [5.74, 6) is 24.7. The van der Waals surface area contributed by atoms with Gasteiger partial charge >= 0.3 is 0 Å². The van der Waals surface area contributed by atoms with E-state index in [0.29, 0.717) is 0 Å². The van der Waals surface area contributed by atoms with Gasteiger partial charge in [0.15, 0.2) is 0 Å². The molecule has 1 rings (SSSR count). The predicted octanol–water partition coefficient (Wildman–Crippen LogP) is 0.701. The Morgan fingerprint density at radius 1 is 0.733 bits per heavy atom. The summed E-state index contributed by atoms with van der Waals surface area (Å²) in [6, 6.07) is 0. The highest BCUT2D eigenvalue weighted by Crippen LogP contribution is 2.26. The maximum atomic E-state index is 4.55. The van der Waals surface area contributed by atoms with Gasteiger partial charge in [-0.1, -0.05) is 5.92 Å². The van der Waals surface area contributed by atoms with Crippen molar-refractivity contribution in [1.82, 2.24) is 0 Å². The Bertz CT molecular complexity index is 538. The van der Waals surface area contributed by atoms with Gasteiger partial charge in [-0.05, 0) is 60.2 Å². The molecule has 2 heteroatoms. The van der Waals surface area contributed by atoms with Crippen LogP contribution in [0.4, 0.5) is 0 Å². The SMILES string of the molecule is CC#CC#CC#CC#CC#CC1(C)OO1. The van der Waals surface area contributed by atoms with Crippen molar-refractivity contribution in [2.24, 2.45) is 0 Å². The second kappa shape index (κ2) is 5.45. The predicted molar refractivity (Wildman–Crippen MR) is 55.1 cm³/mol. The fourth-order valence-corrected chi connectivity index (χ4v) is 0.499. The van der Waals surface area contributed by atoms with Crippen molar-refractivity contribution < 1.29 is 9.78 Å². The molecule has 1 saturated heterocycles. The quantitative estimate of drug-likeness (QED) is 0.322. The molecule has 1 aliphatic heterocycles. The molecule has 0 unspecified atom stereocenters. The topological polar surface area (TPSA) is 25.1 Å². The minimum Gasteiger partial charge on any atom is -0.180 e. The Labute approximate surface area is 89.3 Å². The zero-order valence-corrected chi connectivity index (χ0v) is 8.32. The van der Waals surface area contributed by atoms with Gasteiger partial charge in [0.2, 0.25) is 0 Å². The van der Waals surface area contributed by atoms with Crippen LogP contribution in [-0.2, 0) is 9.78 Å². The molecule has 70 valence electrons. The van der Waals surface area contributed by atoms with E-state index in [1.54, 1.807) is 13.8 Å². The second-order valence-electron chi connectivity index (χ2n) is 2.49. The highest BCUT2D eigenvalue weighted by atomic mass is 17.4. The summed E-state index contributed by atoms with van der Waals surface area (Å²) < 4.78 is 0. The minimum absolute atomic E-state index is 0.765. The van der Waals surface area contributed by atoms with E-state index in [0.717, 1.165) is 0 Å². The van der Waals surface area contributed by atoms with Crippen molar-refractivity contribution in [2.45, 2.75) is 19.6 Å². The second-order valence-corrected chi connectivity index (χ2v) is 2.49. The standard InChI is InChI=1S/C13H6O2/c1-3-4-5-6-7-8-9-10-11-12-13(2)14-15-13/h1-2H3. The van der Waals surface area contributed by atoms with Gasteiger partial charge in [0.1, 0.15) is 0 Å². The smallest absolute Gasteiger partial charge is 0.180 e. The molecule has 0 saturated carbocycles. The lowest BCUT2D eigenvalue weighted by molar-refractivity contribution is 0.0850. The number of hydrogen-bond donors (Lipinski definition) is 0. The molecule has 0 amide bonds. The molecular formula is C13H6O2. The lowest BCUT2D eigenvalue weighted by atomic mass is 10.3. The fraction of sp³-hybridized carbons (Fsp3) is 0.231. The van der Waals surface area contributed by atoms with E-state index in [1.807, 2.05) is 0 Å². The van der Waals surface area contributed by atoms with Gasteiger partial charge < -0.3 is 0 Å². The van der Waals surface area contributed by atoms with Crippen molar-refractivity contribution in [3.8, 4) is 59.2 Å². The summed E-state index contributed by atoms with van der Waals surface area (Å²) in [5, 5.41) is 0. The van der Waals surface area contributed by atoms with Gasteiger partial charge in [-0.15, -0.1) is 0 Å². The number of rotatable bonds is 0. The van der Waals surface area contributed by atoms with Gasteiger partial charge in [-0.25, -0.2) is 0 Å². The van der Waals surface area contributed by atoms with Crippen LogP contribution in [0.15, 0.2) is 0 Å². The highest BCUT2D eigenvalue weighted by Gasteiger charge is 2.41. The Hall–Kier alpha value is -2.28. The molecule has 2 nitrogen and oxygen atoms in total. The van der Waals surface area contributed by atoms with Gasteiger partial charge in [0.05, 0.1) is 0 Å². The molecule has 1 fully saturated rings. The molecule has 0 N–H and O–H groups in total. The molecule has 0 aliphatic carbocycles. The molecule has 15 heavy (non-hydrogen) atoms. The fourth-order valence-electron chi connectivity index (χ4n) is 0.499. The van der Waals surface area contributed by atoms with Gasteiger partial charge in [0, 0.05) is 6.92 Å². The first-order valence-electron chi connectivity index (χ1n) is 4.07. The Morgan fingerprint density at radius 3 is 1.67 bits per heavy atom. The first-order chi connectivity index (χ1) is 7.27. The molecule has 1 aliphatic rings. The van der Waals surface area contributed by atoms with Crippen molar-refractivity contribution >= 4 is 0 Å². The maximum absolute atomic E-state index is 4.55. The number of hydrogen-bond acceptors (Lipinski definition) is 2. The van der Waals surface area contributed by atoms with Crippen molar-refractivity contribution in [1.29, 1.82) is 0 Å². The largest absolute Gasteiger partial charge is 0.292 e. The lowest BCUT2D eigenvalue weighted by Gasteiger charge is -1.75. The summed E-state index contributed by atoms with van der Waals surface area (Å²) in [5.41, 5.74) is 0. The monoisotopic (exact) mass is 194 g/mol. The summed E-state index contributed by atoms with van der Waals surface area (Å²) in [7, 11) is 0. The molecule has 0 bridgehead atoms. The molecule has 0 spiro atoms.